The van der Waals surface area contributed by atoms with Gasteiger partial charge < -0.3 is 10.4 Å². The van der Waals surface area contributed by atoms with Crippen molar-refractivity contribution in [1.29, 1.82) is 0 Å². The number of aliphatic hydroxyl groups excluding tert-OH is 1. The van der Waals surface area contributed by atoms with E-state index in [-0.39, 0.29) is 12.6 Å². The van der Waals surface area contributed by atoms with Crippen molar-refractivity contribution in [2.75, 3.05) is 25.0 Å². The molecule has 0 saturated carbocycles. The Morgan fingerprint density at radius 2 is 2.39 bits per heavy atom. The third kappa shape index (κ3) is 2.99. The van der Waals surface area contributed by atoms with Crippen molar-refractivity contribution in [3.8, 4) is 0 Å². The van der Waals surface area contributed by atoms with E-state index in [1.165, 1.54) is 11.5 Å². The van der Waals surface area contributed by atoms with Crippen LogP contribution in [0.2, 0.25) is 0 Å². The zero-order valence-corrected chi connectivity index (χ0v) is 11.9. The Hall–Kier alpha value is -0.720. The average Bonchev–Trinajstić information content (AvgIpc) is 2.94. The minimum absolute atomic E-state index is 0.233. The topological polar surface area (TPSA) is 61.3 Å². The fraction of sp³-hybridized carbons (Fsp3) is 0.833. The van der Waals surface area contributed by atoms with Crippen molar-refractivity contribution < 1.29 is 5.11 Å². The van der Waals surface area contributed by atoms with Crippen molar-refractivity contribution in [3.05, 3.63) is 5.69 Å². The summed E-state index contributed by atoms with van der Waals surface area (Å²) in [5.74, 6) is 0.564. The zero-order chi connectivity index (χ0) is 13.0. The number of nitrogens with one attached hydrogen (secondary N) is 1. The van der Waals surface area contributed by atoms with E-state index in [1.807, 2.05) is 0 Å². The van der Waals surface area contributed by atoms with Crippen LogP contribution < -0.4 is 5.32 Å². The summed E-state index contributed by atoms with van der Waals surface area (Å²) in [5.41, 5.74) is 1.01. The predicted molar refractivity (Wildman–Crippen MR) is 73.8 cm³/mol. The molecule has 1 aromatic rings. The molecule has 0 aromatic carbocycles. The second kappa shape index (κ2) is 6.45. The van der Waals surface area contributed by atoms with E-state index in [1.54, 1.807) is 0 Å². The summed E-state index contributed by atoms with van der Waals surface area (Å²) in [7, 11) is 0. The number of anilines is 1. The van der Waals surface area contributed by atoms with Gasteiger partial charge in [0.15, 0.2) is 0 Å². The largest absolute Gasteiger partial charge is 0.395 e. The number of nitrogens with zero attached hydrogens (tertiary/aromatic N) is 3. The smallest absolute Gasteiger partial charge is 0.134 e. The molecule has 102 valence electrons. The maximum absolute atomic E-state index is 9.46. The number of hydrogen-bond donors (Lipinski definition) is 2. The van der Waals surface area contributed by atoms with E-state index < -0.39 is 0 Å². The Kier molecular flexibility index (Phi) is 4.91. The van der Waals surface area contributed by atoms with Gasteiger partial charge in [-0.3, -0.25) is 4.90 Å². The summed E-state index contributed by atoms with van der Waals surface area (Å²) in [4.78, 5) is 2.32. The lowest BCUT2D eigenvalue weighted by Gasteiger charge is -2.24. The molecule has 1 fully saturated rings. The van der Waals surface area contributed by atoms with Crippen LogP contribution in [-0.4, -0.2) is 45.3 Å². The number of hydrogen-bond acceptors (Lipinski definition) is 6. The van der Waals surface area contributed by atoms with Crippen LogP contribution in [0, 0.1) is 5.92 Å². The van der Waals surface area contributed by atoms with Crippen LogP contribution in [0.15, 0.2) is 0 Å². The maximum Gasteiger partial charge on any atom is 0.134 e. The first-order chi connectivity index (χ1) is 8.76. The molecular formula is C12H22N4OS. The van der Waals surface area contributed by atoms with Crippen LogP contribution in [0.5, 0.6) is 0 Å². The number of likely N-dealkylation sites (tertiary alicyclic amines) is 1. The summed E-state index contributed by atoms with van der Waals surface area (Å²) in [5, 5.41) is 18.1. The fourth-order valence-electron chi connectivity index (χ4n) is 2.46. The van der Waals surface area contributed by atoms with Gasteiger partial charge in [-0.1, -0.05) is 18.3 Å². The van der Waals surface area contributed by atoms with Gasteiger partial charge in [-0.15, -0.1) is 5.10 Å². The lowest BCUT2D eigenvalue weighted by Crippen LogP contribution is -2.34. The van der Waals surface area contributed by atoms with Crippen LogP contribution >= 0.6 is 11.5 Å². The van der Waals surface area contributed by atoms with Crippen LogP contribution in [0.3, 0.4) is 0 Å². The van der Waals surface area contributed by atoms with Gasteiger partial charge in [-0.2, -0.15) is 0 Å². The Balaban J connectivity index is 1.98. The molecule has 2 rings (SSSR count). The lowest BCUT2D eigenvalue weighted by molar-refractivity contribution is 0.133. The molecule has 0 amide bonds. The first-order valence-corrected chi connectivity index (χ1v) is 7.43. The molecule has 2 unspecified atom stereocenters. The van der Waals surface area contributed by atoms with Gasteiger partial charge in [0, 0.05) is 30.7 Å². The summed E-state index contributed by atoms with van der Waals surface area (Å²) < 4.78 is 4.03. The molecule has 1 aliphatic heterocycles. The van der Waals surface area contributed by atoms with E-state index in [2.05, 4.69) is 33.7 Å². The highest BCUT2D eigenvalue weighted by Gasteiger charge is 2.31. The molecule has 0 radical (unpaired) electrons. The first kappa shape index (κ1) is 13.7. The van der Waals surface area contributed by atoms with Crippen molar-refractivity contribution in [1.82, 2.24) is 14.5 Å². The summed E-state index contributed by atoms with van der Waals surface area (Å²) in [6.07, 6.45) is 2.25. The normalized spacial score (nSPS) is 24.6. The molecule has 5 nitrogen and oxygen atoms in total. The van der Waals surface area contributed by atoms with E-state index in [4.69, 9.17) is 0 Å². The molecule has 0 bridgehead atoms. The third-order valence-corrected chi connectivity index (χ3v) is 4.35. The highest BCUT2D eigenvalue weighted by Crippen LogP contribution is 2.27. The predicted octanol–water partition coefficient (Wildman–Crippen LogP) is 1.56. The maximum atomic E-state index is 9.46. The minimum Gasteiger partial charge on any atom is -0.395 e. The van der Waals surface area contributed by atoms with Gasteiger partial charge >= 0.3 is 0 Å². The van der Waals surface area contributed by atoms with E-state index in [0.29, 0.717) is 5.92 Å². The fourth-order valence-corrected chi connectivity index (χ4v) is 3.05. The SMILES string of the molecule is CCCNc1snnc1CN1CCC(C)C1CO. The average molecular weight is 270 g/mol. The zero-order valence-electron chi connectivity index (χ0n) is 11.1. The number of aliphatic hydroxyl groups is 1. The van der Waals surface area contributed by atoms with Crippen molar-refractivity contribution in [2.45, 2.75) is 39.3 Å². The standard InChI is InChI=1S/C12H22N4OS/c1-3-5-13-12-10(14-15-18-12)7-16-6-4-9(2)11(16)8-17/h9,11,13,17H,3-8H2,1-2H3. The molecule has 2 atom stereocenters. The van der Waals surface area contributed by atoms with Gasteiger partial charge in [0.25, 0.3) is 0 Å². The minimum atomic E-state index is 0.233. The molecular weight excluding hydrogens is 248 g/mol. The number of rotatable bonds is 6. The molecule has 6 heteroatoms. The molecule has 2 heterocycles. The van der Waals surface area contributed by atoms with Gasteiger partial charge in [-0.25, -0.2) is 0 Å². The molecule has 0 aliphatic carbocycles. The molecule has 1 saturated heterocycles. The first-order valence-electron chi connectivity index (χ1n) is 6.66. The van der Waals surface area contributed by atoms with Crippen molar-refractivity contribution >= 4 is 16.5 Å². The Morgan fingerprint density at radius 1 is 1.56 bits per heavy atom. The highest BCUT2D eigenvalue weighted by molar-refractivity contribution is 7.10. The summed E-state index contributed by atoms with van der Waals surface area (Å²) in [6.45, 7) is 7.36. The van der Waals surface area contributed by atoms with Gasteiger partial charge in [0.1, 0.15) is 10.7 Å². The second-order valence-electron chi connectivity index (χ2n) is 4.96. The number of aromatic nitrogens is 2. The van der Waals surface area contributed by atoms with Gasteiger partial charge in [0.2, 0.25) is 0 Å². The molecule has 1 aliphatic rings. The molecule has 1 aromatic heterocycles. The van der Waals surface area contributed by atoms with E-state index in [9.17, 15) is 5.11 Å². The molecule has 0 spiro atoms. The summed E-state index contributed by atoms with van der Waals surface area (Å²) in [6, 6.07) is 0.269. The highest BCUT2D eigenvalue weighted by atomic mass is 32.1. The quantitative estimate of drug-likeness (QED) is 0.821. The van der Waals surface area contributed by atoms with Crippen LogP contribution in [0.25, 0.3) is 0 Å². The van der Waals surface area contributed by atoms with Crippen LogP contribution in [0.1, 0.15) is 32.4 Å². The molecule has 2 N–H and O–H groups in total. The Bertz CT molecular complexity index is 371. The van der Waals surface area contributed by atoms with Crippen LogP contribution in [-0.2, 0) is 6.54 Å². The van der Waals surface area contributed by atoms with Crippen molar-refractivity contribution in [2.24, 2.45) is 5.92 Å². The van der Waals surface area contributed by atoms with Gasteiger partial charge in [-0.05, 0) is 25.3 Å². The monoisotopic (exact) mass is 270 g/mol. The van der Waals surface area contributed by atoms with E-state index >= 15 is 0 Å². The second-order valence-corrected chi connectivity index (χ2v) is 5.72. The van der Waals surface area contributed by atoms with E-state index in [0.717, 1.165) is 43.2 Å². The Morgan fingerprint density at radius 3 is 3.11 bits per heavy atom. The van der Waals surface area contributed by atoms with Crippen LogP contribution in [0.4, 0.5) is 5.00 Å². The Labute approximate surface area is 112 Å². The third-order valence-electron chi connectivity index (χ3n) is 3.63. The van der Waals surface area contributed by atoms with Gasteiger partial charge in [0.05, 0.1) is 6.61 Å². The van der Waals surface area contributed by atoms with Crippen molar-refractivity contribution in [3.63, 3.8) is 0 Å². The lowest BCUT2D eigenvalue weighted by atomic mass is 10.0. The summed E-state index contributed by atoms with van der Waals surface area (Å²) >= 11 is 1.42. The molecule has 18 heavy (non-hydrogen) atoms.